The minimum Gasteiger partial charge on any atom is -0.315 e. The summed E-state index contributed by atoms with van der Waals surface area (Å²) in [5.41, 5.74) is 5.35. The highest BCUT2D eigenvalue weighted by atomic mass is 16.2. The van der Waals surface area contributed by atoms with Gasteiger partial charge < -0.3 is 15.5 Å². The fourth-order valence-electron chi connectivity index (χ4n) is 3.70. The third-order valence-electron chi connectivity index (χ3n) is 5.81. The molecule has 1 aromatic heterocycles. The monoisotopic (exact) mass is 461 g/mol. The van der Waals surface area contributed by atoms with Crippen LogP contribution in [0, 0.1) is 20.8 Å². The summed E-state index contributed by atoms with van der Waals surface area (Å²) in [6.07, 6.45) is 0. The maximum Gasteiger partial charge on any atom is 0.322 e. The number of hydrogen-bond acceptors (Lipinski definition) is 3. The molecule has 3 amide bonds. The average Bonchev–Trinajstić information content (AvgIpc) is 3.19. The van der Waals surface area contributed by atoms with Crippen LogP contribution in [0.2, 0.25) is 0 Å². The number of amides is 3. The number of anilines is 2. The van der Waals surface area contributed by atoms with Crippen LogP contribution >= 0.6 is 0 Å². The van der Waals surface area contributed by atoms with Crippen molar-refractivity contribution in [2.75, 3.05) is 23.7 Å². The van der Waals surface area contributed by atoms with Gasteiger partial charge in [-0.15, -0.1) is 0 Å². The number of aryl methyl sites for hydroxylation is 3. The molecule has 180 valence electrons. The van der Waals surface area contributed by atoms with Crippen molar-refractivity contribution in [1.82, 2.24) is 14.7 Å². The normalized spacial score (nSPS) is 11.3. The number of nitrogens with one attached hydrogen (secondary N) is 2. The van der Waals surface area contributed by atoms with Gasteiger partial charge >= 0.3 is 6.03 Å². The molecule has 2 aromatic carbocycles. The number of para-hydroxylation sites is 2. The Hall–Kier alpha value is -3.61. The fraction of sp³-hybridized carbons (Fsp3) is 0.370. The Kier molecular flexibility index (Phi) is 7.44. The van der Waals surface area contributed by atoms with E-state index in [1.807, 2.05) is 76.2 Å². The van der Waals surface area contributed by atoms with Crippen LogP contribution in [0.5, 0.6) is 0 Å². The number of rotatable bonds is 6. The highest BCUT2D eigenvalue weighted by Crippen LogP contribution is 2.27. The summed E-state index contributed by atoms with van der Waals surface area (Å²) in [7, 11) is 0. The van der Waals surface area contributed by atoms with E-state index in [1.165, 1.54) is 4.90 Å². The molecule has 0 bridgehead atoms. The standard InChI is InChI=1S/C27H35N5O2/c1-8-31(26(34)29-25-19(3)13-11-14-20(25)4)17-24(33)28-23-16-22(27(5,6)7)30-32(23)21-15-10-9-12-18(21)2/h9-16H,8,17H2,1-7H3,(H,28,33)(H,29,34). The maximum absolute atomic E-state index is 13.0. The molecule has 0 unspecified atom stereocenters. The van der Waals surface area contributed by atoms with E-state index in [0.29, 0.717) is 12.4 Å². The number of urea groups is 1. The van der Waals surface area contributed by atoms with Crippen LogP contribution in [0.25, 0.3) is 5.69 Å². The van der Waals surface area contributed by atoms with Gasteiger partial charge in [-0.1, -0.05) is 57.2 Å². The highest BCUT2D eigenvalue weighted by Gasteiger charge is 2.23. The number of carbonyl (C=O) groups is 2. The summed E-state index contributed by atoms with van der Waals surface area (Å²) < 4.78 is 1.76. The number of carbonyl (C=O) groups excluding carboxylic acids is 2. The Morgan fingerprint density at radius 3 is 2.15 bits per heavy atom. The third-order valence-corrected chi connectivity index (χ3v) is 5.81. The molecular weight excluding hydrogens is 426 g/mol. The van der Waals surface area contributed by atoms with Gasteiger partial charge in [0, 0.05) is 23.7 Å². The van der Waals surface area contributed by atoms with E-state index in [9.17, 15) is 9.59 Å². The molecule has 0 aliphatic heterocycles. The molecular formula is C27H35N5O2. The zero-order chi connectivity index (χ0) is 25.0. The molecule has 0 fully saturated rings. The molecule has 3 rings (SSSR count). The molecule has 0 saturated carbocycles. The van der Waals surface area contributed by atoms with Gasteiger partial charge in [0.1, 0.15) is 12.4 Å². The van der Waals surface area contributed by atoms with Crippen LogP contribution in [0.4, 0.5) is 16.3 Å². The third kappa shape index (κ3) is 5.65. The molecule has 0 radical (unpaired) electrons. The largest absolute Gasteiger partial charge is 0.322 e. The molecule has 0 spiro atoms. The molecule has 0 aliphatic rings. The SMILES string of the molecule is CCN(CC(=O)Nc1cc(C(C)(C)C)nn1-c1ccccc1C)C(=O)Nc1c(C)cccc1C. The maximum atomic E-state index is 13.0. The first kappa shape index (κ1) is 25.0. The van der Waals surface area contributed by atoms with Gasteiger partial charge in [-0.25, -0.2) is 9.48 Å². The Labute approximate surface area is 202 Å². The molecule has 7 nitrogen and oxygen atoms in total. The van der Waals surface area contributed by atoms with Crippen LogP contribution in [0.1, 0.15) is 50.1 Å². The molecule has 1 heterocycles. The molecule has 2 N–H and O–H groups in total. The van der Waals surface area contributed by atoms with Crippen molar-refractivity contribution >= 4 is 23.4 Å². The molecule has 0 aliphatic carbocycles. The van der Waals surface area contributed by atoms with Gasteiger partial charge in [-0.2, -0.15) is 5.10 Å². The first-order valence-electron chi connectivity index (χ1n) is 11.6. The summed E-state index contributed by atoms with van der Waals surface area (Å²) in [4.78, 5) is 27.4. The van der Waals surface area contributed by atoms with Gasteiger partial charge in [0.05, 0.1) is 11.4 Å². The predicted octanol–water partition coefficient (Wildman–Crippen LogP) is 5.59. The van der Waals surface area contributed by atoms with Crippen molar-refractivity contribution in [1.29, 1.82) is 0 Å². The number of aromatic nitrogens is 2. The highest BCUT2D eigenvalue weighted by molar-refractivity contribution is 5.97. The van der Waals surface area contributed by atoms with Gasteiger partial charge in [-0.05, 0) is 50.5 Å². The van der Waals surface area contributed by atoms with Crippen molar-refractivity contribution in [3.8, 4) is 5.69 Å². The number of hydrogen-bond donors (Lipinski definition) is 2. The van der Waals surface area contributed by atoms with Crippen molar-refractivity contribution in [3.63, 3.8) is 0 Å². The van der Waals surface area contributed by atoms with Crippen LogP contribution in [0.3, 0.4) is 0 Å². The second-order valence-electron chi connectivity index (χ2n) is 9.62. The van der Waals surface area contributed by atoms with E-state index in [4.69, 9.17) is 5.10 Å². The minimum atomic E-state index is -0.308. The molecule has 3 aromatic rings. The van der Waals surface area contributed by atoms with E-state index in [1.54, 1.807) is 4.68 Å². The number of benzene rings is 2. The summed E-state index contributed by atoms with van der Waals surface area (Å²) in [6, 6.07) is 15.3. The molecule has 0 atom stereocenters. The fourth-order valence-corrected chi connectivity index (χ4v) is 3.70. The molecule has 0 saturated heterocycles. The van der Waals surface area contributed by atoms with Gasteiger partial charge in [0.15, 0.2) is 0 Å². The van der Waals surface area contributed by atoms with Crippen LogP contribution < -0.4 is 10.6 Å². The summed E-state index contributed by atoms with van der Waals surface area (Å²) in [6.45, 7) is 14.3. The number of nitrogens with zero attached hydrogens (tertiary/aromatic N) is 3. The van der Waals surface area contributed by atoms with Gasteiger partial charge in [-0.3, -0.25) is 4.79 Å². The van der Waals surface area contributed by atoms with E-state index in [2.05, 4.69) is 31.4 Å². The zero-order valence-corrected chi connectivity index (χ0v) is 21.2. The molecule has 7 heteroatoms. The van der Waals surface area contributed by atoms with E-state index in [0.717, 1.165) is 33.8 Å². The van der Waals surface area contributed by atoms with Crippen molar-refractivity contribution < 1.29 is 9.59 Å². The van der Waals surface area contributed by atoms with Crippen LogP contribution in [-0.4, -0.2) is 39.7 Å². The van der Waals surface area contributed by atoms with Gasteiger partial charge in [0.25, 0.3) is 0 Å². The smallest absolute Gasteiger partial charge is 0.315 e. The lowest BCUT2D eigenvalue weighted by Gasteiger charge is -2.22. The van der Waals surface area contributed by atoms with Gasteiger partial charge in [0.2, 0.25) is 5.91 Å². The minimum absolute atomic E-state index is 0.0724. The van der Waals surface area contributed by atoms with Crippen molar-refractivity contribution in [3.05, 3.63) is 70.9 Å². The van der Waals surface area contributed by atoms with E-state index in [-0.39, 0.29) is 23.9 Å². The quantitative estimate of drug-likeness (QED) is 0.502. The zero-order valence-electron chi connectivity index (χ0n) is 21.2. The second-order valence-corrected chi connectivity index (χ2v) is 9.62. The molecule has 34 heavy (non-hydrogen) atoms. The Morgan fingerprint density at radius 1 is 0.941 bits per heavy atom. The lowest BCUT2D eigenvalue weighted by Crippen LogP contribution is -2.40. The predicted molar refractivity (Wildman–Crippen MR) is 138 cm³/mol. The Morgan fingerprint density at radius 2 is 1.56 bits per heavy atom. The van der Waals surface area contributed by atoms with Crippen LogP contribution in [-0.2, 0) is 10.2 Å². The van der Waals surface area contributed by atoms with E-state index >= 15 is 0 Å². The number of likely N-dealkylation sites (N-methyl/N-ethyl adjacent to an activating group) is 1. The van der Waals surface area contributed by atoms with E-state index < -0.39 is 0 Å². The topological polar surface area (TPSA) is 79.3 Å². The summed E-state index contributed by atoms with van der Waals surface area (Å²) in [5.74, 6) is 0.295. The Balaban J connectivity index is 1.81. The Bertz CT molecular complexity index is 1170. The average molecular weight is 462 g/mol. The van der Waals surface area contributed by atoms with Crippen molar-refractivity contribution in [2.45, 2.75) is 53.9 Å². The summed E-state index contributed by atoms with van der Waals surface area (Å²) >= 11 is 0. The first-order chi connectivity index (χ1) is 16.0. The van der Waals surface area contributed by atoms with Crippen LogP contribution in [0.15, 0.2) is 48.5 Å². The lowest BCUT2D eigenvalue weighted by atomic mass is 9.92. The first-order valence-corrected chi connectivity index (χ1v) is 11.6. The lowest BCUT2D eigenvalue weighted by molar-refractivity contribution is -0.116. The van der Waals surface area contributed by atoms with Crippen molar-refractivity contribution in [2.24, 2.45) is 0 Å². The second kappa shape index (κ2) is 10.1. The summed E-state index contributed by atoms with van der Waals surface area (Å²) in [5, 5.41) is 10.7.